The molecule has 1 atom stereocenters. The van der Waals surface area contributed by atoms with E-state index >= 15 is 0 Å². The molecule has 1 amide bonds. The lowest BCUT2D eigenvalue weighted by molar-refractivity contribution is -0.122. The predicted molar refractivity (Wildman–Crippen MR) is 117 cm³/mol. The third-order valence-electron chi connectivity index (χ3n) is 5.23. The maximum absolute atomic E-state index is 12.7. The van der Waals surface area contributed by atoms with Crippen LogP contribution in [0.3, 0.4) is 0 Å². The molecule has 2 aromatic carbocycles. The molecular weight excluding hydrogens is 364 g/mol. The number of nitrogens with one attached hydrogen (secondary N) is 1. The van der Waals surface area contributed by atoms with E-state index in [-0.39, 0.29) is 12.0 Å². The number of aryl methyl sites for hydroxylation is 2. The Kier molecular flexibility index (Phi) is 7.15. The van der Waals surface area contributed by atoms with Crippen molar-refractivity contribution in [3.63, 3.8) is 0 Å². The lowest BCUT2D eigenvalue weighted by Crippen LogP contribution is -2.35. The Balaban J connectivity index is 1.55. The highest BCUT2D eigenvalue weighted by molar-refractivity contribution is 5.94. The van der Waals surface area contributed by atoms with Gasteiger partial charge in [0.2, 0.25) is 0 Å². The van der Waals surface area contributed by atoms with Gasteiger partial charge in [0.05, 0.1) is 0 Å². The predicted octanol–water partition coefficient (Wildman–Crippen LogP) is 4.57. The monoisotopic (exact) mass is 396 g/mol. The van der Waals surface area contributed by atoms with Crippen molar-refractivity contribution in [2.45, 2.75) is 52.2 Å². The molecule has 1 unspecified atom stereocenters. The summed E-state index contributed by atoms with van der Waals surface area (Å²) in [5, 5.41) is 2.95. The summed E-state index contributed by atoms with van der Waals surface area (Å²) in [5.41, 5.74) is 2.99. The first-order valence-corrected chi connectivity index (χ1v) is 10.4. The van der Waals surface area contributed by atoms with Crippen molar-refractivity contribution in [2.75, 3.05) is 25.5 Å². The number of ether oxygens (including phenoxy) is 2. The smallest absolute Gasteiger partial charge is 0.265 e. The molecule has 1 N–H and O–H groups in total. The lowest BCUT2D eigenvalue weighted by atomic mass is 10.1. The standard InChI is InChI=1S/C24H32N2O3/c1-5-23(29-22-15-17(2)14-18(3)16-22)24(27)25-19-6-8-20(9-7-19)28-21-10-12-26(4)13-11-21/h6-9,14-16,21,23H,5,10-13H2,1-4H3,(H,25,27). The third-order valence-corrected chi connectivity index (χ3v) is 5.23. The van der Waals surface area contributed by atoms with Gasteiger partial charge in [-0.3, -0.25) is 4.79 Å². The number of likely N-dealkylation sites (tertiary alicyclic amines) is 1. The molecule has 156 valence electrons. The van der Waals surface area contributed by atoms with Crippen LogP contribution in [0, 0.1) is 13.8 Å². The van der Waals surface area contributed by atoms with Gasteiger partial charge in [0.1, 0.15) is 17.6 Å². The maximum Gasteiger partial charge on any atom is 0.265 e. The van der Waals surface area contributed by atoms with Gasteiger partial charge in [-0.15, -0.1) is 0 Å². The number of carbonyl (C=O) groups excluding carboxylic acids is 1. The van der Waals surface area contributed by atoms with Gasteiger partial charge >= 0.3 is 0 Å². The number of nitrogens with zero attached hydrogens (tertiary/aromatic N) is 1. The summed E-state index contributed by atoms with van der Waals surface area (Å²) in [4.78, 5) is 15.0. The normalized spacial score (nSPS) is 16.3. The van der Waals surface area contributed by atoms with Crippen LogP contribution in [-0.2, 0) is 4.79 Å². The van der Waals surface area contributed by atoms with Crippen LogP contribution < -0.4 is 14.8 Å². The van der Waals surface area contributed by atoms with E-state index in [0.29, 0.717) is 6.42 Å². The van der Waals surface area contributed by atoms with Gasteiger partial charge in [-0.1, -0.05) is 13.0 Å². The zero-order chi connectivity index (χ0) is 20.8. The number of piperidine rings is 1. The molecule has 1 aliphatic heterocycles. The van der Waals surface area contributed by atoms with E-state index in [2.05, 4.69) is 23.3 Å². The summed E-state index contributed by atoms with van der Waals surface area (Å²) >= 11 is 0. The summed E-state index contributed by atoms with van der Waals surface area (Å²) in [6.45, 7) is 8.13. The van der Waals surface area contributed by atoms with Crippen LogP contribution in [0.25, 0.3) is 0 Å². The van der Waals surface area contributed by atoms with E-state index < -0.39 is 6.10 Å². The number of rotatable bonds is 7. The van der Waals surface area contributed by atoms with Crippen LogP contribution in [0.15, 0.2) is 42.5 Å². The second-order valence-corrected chi connectivity index (χ2v) is 7.97. The van der Waals surface area contributed by atoms with Gasteiger partial charge in [-0.25, -0.2) is 0 Å². The minimum absolute atomic E-state index is 0.143. The molecule has 2 aromatic rings. The van der Waals surface area contributed by atoms with Gasteiger partial charge in [0.15, 0.2) is 6.10 Å². The van der Waals surface area contributed by atoms with E-state index in [0.717, 1.165) is 54.2 Å². The molecule has 0 radical (unpaired) electrons. The number of carbonyl (C=O) groups is 1. The van der Waals surface area contributed by atoms with Crippen molar-refractivity contribution in [3.8, 4) is 11.5 Å². The molecule has 1 aliphatic rings. The Morgan fingerprint density at radius 2 is 1.69 bits per heavy atom. The first-order chi connectivity index (χ1) is 13.9. The van der Waals surface area contributed by atoms with Crippen LogP contribution in [0.5, 0.6) is 11.5 Å². The summed E-state index contributed by atoms with van der Waals surface area (Å²) < 4.78 is 12.0. The molecule has 1 heterocycles. The quantitative estimate of drug-likeness (QED) is 0.745. The number of anilines is 1. The van der Waals surface area contributed by atoms with E-state index in [1.807, 2.05) is 57.2 Å². The molecule has 5 heteroatoms. The van der Waals surface area contributed by atoms with Crippen molar-refractivity contribution in [2.24, 2.45) is 0 Å². The van der Waals surface area contributed by atoms with E-state index in [1.54, 1.807) is 0 Å². The van der Waals surface area contributed by atoms with Gasteiger partial charge < -0.3 is 19.7 Å². The largest absolute Gasteiger partial charge is 0.490 e. The van der Waals surface area contributed by atoms with E-state index in [9.17, 15) is 4.79 Å². The van der Waals surface area contributed by atoms with Crippen molar-refractivity contribution in [1.82, 2.24) is 4.90 Å². The average molecular weight is 397 g/mol. The Hall–Kier alpha value is -2.53. The van der Waals surface area contributed by atoms with Crippen LogP contribution in [0.4, 0.5) is 5.69 Å². The molecule has 3 rings (SSSR count). The average Bonchev–Trinajstić information content (AvgIpc) is 2.68. The number of hydrogen-bond acceptors (Lipinski definition) is 4. The fourth-order valence-corrected chi connectivity index (χ4v) is 3.62. The van der Waals surface area contributed by atoms with Crippen LogP contribution >= 0.6 is 0 Å². The summed E-state index contributed by atoms with van der Waals surface area (Å²) in [5.74, 6) is 1.43. The Morgan fingerprint density at radius 3 is 2.28 bits per heavy atom. The maximum atomic E-state index is 12.7. The van der Waals surface area contributed by atoms with E-state index in [1.165, 1.54) is 0 Å². The fraction of sp³-hybridized carbons (Fsp3) is 0.458. The summed E-state index contributed by atoms with van der Waals surface area (Å²) in [7, 11) is 2.14. The molecule has 1 saturated heterocycles. The zero-order valence-electron chi connectivity index (χ0n) is 17.9. The molecule has 5 nitrogen and oxygen atoms in total. The molecule has 0 spiro atoms. The van der Waals surface area contributed by atoms with Crippen molar-refractivity contribution < 1.29 is 14.3 Å². The SMILES string of the molecule is CCC(Oc1cc(C)cc(C)c1)C(=O)Nc1ccc(OC2CCN(C)CC2)cc1. The van der Waals surface area contributed by atoms with Crippen LogP contribution in [-0.4, -0.2) is 43.2 Å². The second-order valence-electron chi connectivity index (χ2n) is 7.97. The number of benzene rings is 2. The van der Waals surface area contributed by atoms with Crippen molar-refractivity contribution >= 4 is 11.6 Å². The zero-order valence-corrected chi connectivity index (χ0v) is 17.9. The lowest BCUT2D eigenvalue weighted by Gasteiger charge is -2.29. The minimum Gasteiger partial charge on any atom is -0.490 e. The Morgan fingerprint density at radius 1 is 1.07 bits per heavy atom. The molecular formula is C24H32N2O3. The number of hydrogen-bond donors (Lipinski definition) is 1. The summed E-state index contributed by atoms with van der Waals surface area (Å²) in [6.07, 6.45) is 2.41. The van der Waals surface area contributed by atoms with Gasteiger partial charge in [0, 0.05) is 18.8 Å². The molecule has 0 saturated carbocycles. The van der Waals surface area contributed by atoms with Crippen LogP contribution in [0.2, 0.25) is 0 Å². The first kappa shape index (κ1) is 21.2. The first-order valence-electron chi connectivity index (χ1n) is 10.4. The highest BCUT2D eigenvalue weighted by Crippen LogP contribution is 2.22. The van der Waals surface area contributed by atoms with Gasteiger partial charge in [-0.05, 0) is 87.7 Å². The molecule has 0 aromatic heterocycles. The summed E-state index contributed by atoms with van der Waals surface area (Å²) in [6, 6.07) is 13.6. The van der Waals surface area contributed by atoms with Gasteiger partial charge in [-0.2, -0.15) is 0 Å². The van der Waals surface area contributed by atoms with Gasteiger partial charge in [0.25, 0.3) is 5.91 Å². The van der Waals surface area contributed by atoms with E-state index in [4.69, 9.17) is 9.47 Å². The second kappa shape index (κ2) is 9.79. The highest BCUT2D eigenvalue weighted by Gasteiger charge is 2.20. The van der Waals surface area contributed by atoms with Crippen LogP contribution in [0.1, 0.15) is 37.3 Å². The van der Waals surface area contributed by atoms with Crippen molar-refractivity contribution in [3.05, 3.63) is 53.6 Å². The minimum atomic E-state index is -0.536. The fourth-order valence-electron chi connectivity index (χ4n) is 3.62. The molecule has 1 fully saturated rings. The Labute approximate surface area is 174 Å². The molecule has 0 aliphatic carbocycles. The molecule has 0 bridgehead atoms. The molecule has 29 heavy (non-hydrogen) atoms. The number of amides is 1. The third kappa shape index (κ3) is 6.23. The highest BCUT2D eigenvalue weighted by atomic mass is 16.5. The van der Waals surface area contributed by atoms with Crippen molar-refractivity contribution in [1.29, 1.82) is 0 Å². The Bertz CT molecular complexity index is 791. The topological polar surface area (TPSA) is 50.8 Å².